The summed E-state index contributed by atoms with van der Waals surface area (Å²) in [6, 6.07) is 5.12. The average Bonchev–Trinajstić information content (AvgIpc) is 2.84. The number of carbonyl (C=O) groups is 1. The van der Waals surface area contributed by atoms with E-state index in [9.17, 15) is 17.6 Å². The fraction of sp³-hybridized carbons (Fsp3) is 0.417. The van der Waals surface area contributed by atoms with Crippen molar-refractivity contribution in [3.63, 3.8) is 0 Å². The van der Waals surface area contributed by atoms with Crippen molar-refractivity contribution in [2.45, 2.75) is 17.7 Å². The molecule has 2 atom stereocenters. The number of benzene rings is 1. The molecule has 1 amide bonds. The molecule has 2 bridgehead atoms. The van der Waals surface area contributed by atoms with Gasteiger partial charge in [0.2, 0.25) is 0 Å². The maximum absolute atomic E-state index is 12.8. The molecule has 1 aromatic rings. The quantitative estimate of drug-likeness (QED) is 0.759. The van der Waals surface area contributed by atoms with E-state index in [1.165, 1.54) is 24.3 Å². The largest absolute Gasteiger partial charge is 0.333 e. The Kier molecular flexibility index (Phi) is 2.45. The van der Waals surface area contributed by atoms with Crippen molar-refractivity contribution < 1.29 is 17.6 Å². The van der Waals surface area contributed by atoms with Crippen LogP contribution in [0.4, 0.5) is 4.39 Å². The minimum atomic E-state index is -3.00. The molecule has 2 fully saturated rings. The van der Waals surface area contributed by atoms with Gasteiger partial charge in [0.1, 0.15) is 5.82 Å². The lowest BCUT2D eigenvalue weighted by atomic mass is 10.2. The van der Waals surface area contributed by atoms with Crippen LogP contribution in [0.5, 0.6) is 0 Å². The first-order chi connectivity index (χ1) is 8.47. The summed E-state index contributed by atoms with van der Waals surface area (Å²) in [5.74, 6) is -0.542. The number of carbonyl (C=O) groups excluding carboxylic acids is 1. The molecule has 0 spiro atoms. The molecule has 0 N–H and O–H groups in total. The molecule has 18 heavy (non-hydrogen) atoms. The molecule has 96 valence electrons. The monoisotopic (exact) mass is 269 g/mol. The van der Waals surface area contributed by atoms with Gasteiger partial charge >= 0.3 is 0 Å². The third-order valence-electron chi connectivity index (χ3n) is 3.66. The first-order valence-corrected chi connectivity index (χ1v) is 7.47. The smallest absolute Gasteiger partial charge is 0.254 e. The molecule has 0 saturated carbocycles. The predicted octanol–water partition coefficient (Wildman–Crippen LogP) is 0.837. The number of hydrogen-bond acceptors (Lipinski definition) is 3. The Labute approximate surface area is 104 Å². The van der Waals surface area contributed by atoms with Crippen LogP contribution in [0.3, 0.4) is 0 Å². The van der Waals surface area contributed by atoms with Gasteiger partial charge < -0.3 is 4.90 Å². The van der Waals surface area contributed by atoms with E-state index in [1.807, 2.05) is 0 Å². The van der Waals surface area contributed by atoms with Gasteiger partial charge in [0.15, 0.2) is 9.84 Å². The molecule has 6 heteroatoms. The predicted molar refractivity (Wildman–Crippen MR) is 63.4 cm³/mol. The second-order valence-corrected chi connectivity index (χ2v) is 7.13. The topological polar surface area (TPSA) is 54.5 Å². The number of fused-ring (bicyclic) bond motifs is 2. The first-order valence-electron chi connectivity index (χ1n) is 5.75. The lowest BCUT2D eigenvalue weighted by Gasteiger charge is -2.26. The highest BCUT2D eigenvalue weighted by Gasteiger charge is 2.49. The number of sulfone groups is 1. The Bertz CT molecular complexity index is 596. The van der Waals surface area contributed by atoms with Crippen molar-refractivity contribution >= 4 is 15.7 Å². The molecular weight excluding hydrogens is 257 g/mol. The SMILES string of the molecule is O=C(c1ccc(F)cc1)N1CC2CC1CS2(=O)=O. The highest BCUT2D eigenvalue weighted by Crippen LogP contribution is 2.33. The van der Waals surface area contributed by atoms with E-state index < -0.39 is 20.9 Å². The van der Waals surface area contributed by atoms with Crippen LogP contribution in [0, 0.1) is 5.82 Å². The van der Waals surface area contributed by atoms with Gasteiger partial charge in [-0.2, -0.15) is 0 Å². The van der Waals surface area contributed by atoms with E-state index in [-0.39, 0.29) is 24.2 Å². The Morgan fingerprint density at radius 3 is 2.44 bits per heavy atom. The Morgan fingerprint density at radius 1 is 1.28 bits per heavy atom. The van der Waals surface area contributed by atoms with E-state index in [0.29, 0.717) is 12.0 Å². The summed E-state index contributed by atoms with van der Waals surface area (Å²) in [5.41, 5.74) is 0.404. The molecule has 3 rings (SSSR count). The van der Waals surface area contributed by atoms with Crippen LogP contribution in [0.2, 0.25) is 0 Å². The molecule has 1 aromatic carbocycles. The number of likely N-dealkylation sites (tertiary alicyclic amines) is 1. The summed E-state index contributed by atoms with van der Waals surface area (Å²) in [5, 5.41) is -0.410. The number of halogens is 1. The van der Waals surface area contributed by atoms with Crippen LogP contribution in [0.25, 0.3) is 0 Å². The van der Waals surface area contributed by atoms with Gasteiger partial charge in [-0.1, -0.05) is 0 Å². The van der Waals surface area contributed by atoms with E-state index >= 15 is 0 Å². The standard InChI is InChI=1S/C12H12FNO3S/c13-9-3-1-8(2-4-9)12(15)14-6-11-5-10(14)7-18(11,16)17/h1-4,10-11H,5-7H2. The van der Waals surface area contributed by atoms with Gasteiger partial charge in [0.05, 0.1) is 11.0 Å². The highest BCUT2D eigenvalue weighted by atomic mass is 32.2. The summed E-state index contributed by atoms with van der Waals surface area (Å²) >= 11 is 0. The van der Waals surface area contributed by atoms with Gasteiger partial charge in [-0.25, -0.2) is 12.8 Å². The molecule has 2 heterocycles. The molecule has 0 aliphatic carbocycles. The lowest BCUT2D eigenvalue weighted by Crippen LogP contribution is -2.44. The van der Waals surface area contributed by atoms with Gasteiger partial charge in [0.25, 0.3) is 5.91 Å². The summed E-state index contributed by atoms with van der Waals surface area (Å²) in [7, 11) is -3.00. The first kappa shape index (κ1) is 11.6. The fourth-order valence-corrected chi connectivity index (χ4v) is 4.73. The molecule has 0 aromatic heterocycles. The molecule has 2 unspecified atom stereocenters. The maximum atomic E-state index is 12.8. The molecular formula is C12H12FNO3S. The third-order valence-corrected chi connectivity index (χ3v) is 5.87. The Balaban J connectivity index is 1.82. The van der Waals surface area contributed by atoms with Crippen LogP contribution in [-0.4, -0.2) is 42.8 Å². The highest BCUT2D eigenvalue weighted by molar-refractivity contribution is 7.92. The molecule has 4 nitrogen and oxygen atoms in total. The van der Waals surface area contributed by atoms with Crippen LogP contribution in [0.15, 0.2) is 24.3 Å². The van der Waals surface area contributed by atoms with Crippen molar-refractivity contribution in [2.75, 3.05) is 12.3 Å². The van der Waals surface area contributed by atoms with Crippen molar-refractivity contribution in [1.82, 2.24) is 4.90 Å². The van der Waals surface area contributed by atoms with Crippen LogP contribution >= 0.6 is 0 Å². The van der Waals surface area contributed by atoms with E-state index in [0.717, 1.165) is 0 Å². The molecule has 2 saturated heterocycles. The summed E-state index contributed by atoms with van der Waals surface area (Å²) in [4.78, 5) is 13.8. The van der Waals surface area contributed by atoms with Gasteiger partial charge in [0, 0.05) is 18.2 Å². The van der Waals surface area contributed by atoms with Crippen LogP contribution in [-0.2, 0) is 9.84 Å². The third kappa shape index (κ3) is 1.71. The van der Waals surface area contributed by atoms with Crippen LogP contribution in [0.1, 0.15) is 16.8 Å². The zero-order valence-electron chi connectivity index (χ0n) is 9.54. The lowest BCUT2D eigenvalue weighted by molar-refractivity contribution is 0.0746. The number of amides is 1. The Morgan fingerprint density at radius 2 is 1.94 bits per heavy atom. The zero-order chi connectivity index (χ0) is 12.9. The van der Waals surface area contributed by atoms with Crippen molar-refractivity contribution in [3.8, 4) is 0 Å². The number of rotatable bonds is 1. The number of hydrogen-bond donors (Lipinski definition) is 0. The molecule has 2 aliphatic heterocycles. The van der Waals surface area contributed by atoms with Crippen molar-refractivity contribution in [1.29, 1.82) is 0 Å². The van der Waals surface area contributed by atoms with Crippen molar-refractivity contribution in [2.24, 2.45) is 0 Å². The van der Waals surface area contributed by atoms with Gasteiger partial charge in [-0.15, -0.1) is 0 Å². The van der Waals surface area contributed by atoms with Crippen LogP contribution < -0.4 is 0 Å². The second-order valence-electron chi connectivity index (χ2n) is 4.81. The normalized spacial score (nSPS) is 28.6. The average molecular weight is 269 g/mol. The maximum Gasteiger partial charge on any atom is 0.254 e. The van der Waals surface area contributed by atoms with E-state index in [1.54, 1.807) is 4.90 Å². The summed E-state index contributed by atoms with van der Waals surface area (Å²) in [6.45, 7) is 0.267. The molecule has 2 aliphatic rings. The zero-order valence-corrected chi connectivity index (χ0v) is 10.4. The minimum Gasteiger partial charge on any atom is -0.333 e. The second kappa shape index (κ2) is 3.78. The summed E-state index contributed by atoms with van der Waals surface area (Å²) < 4.78 is 35.9. The van der Waals surface area contributed by atoms with Crippen molar-refractivity contribution in [3.05, 3.63) is 35.6 Å². The van der Waals surface area contributed by atoms with Gasteiger partial charge in [-0.3, -0.25) is 4.79 Å². The minimum absolute atomic E-state index is 0.0601. The van der Waals surface area contributed by atoms with E-state index in [4.69, 9.17) is 0 Å². The summed E-state index contributed by atoms with van der Waals surface area (Å²) in [6.07, 6.45) is 0.537. The Hall–Kier alpha value is -1.43. The number of nitrogens with zero attached hydrogens (tertiary/aromatic N) is 1. The van der Waals surface area contributed by atoms with E-state index in [2.05, 4.69) is 0 Å². The van der Waals surface area contributed by atoms with Gasteiger partial charge in [-0.05, 0) is 30.7 Å². The fourth-order valence-electron chi connectivity index (χ4n) is 2.70. The molecule has 0 radical (unpaired) electrons.